The molecule has 0 saturated heterocycles. The lowest BCUT2D eigenvalue weighted by molar-refractivity contribution is -0.133. The first-order chi connectivity index (χ1) is 8.45. The Morgan fingerprint density at radius 2 is 2.17 bits per heavy atom. The maximum absolute atomic E-state index is 12.1. The molecule has 1 heterocycles. The molecule has 0 aliphatic carbocycles. The van der Waals surface area contributed by atoms with Gasteiger partial charge in [-0.05, 0) is 25.0 Å². The van der Waals surface area contributed by atoms with Gasteiger partial charge in [-0.3, -0.25) is 9.78 Å². The van der Waals surface area contributed by atoms with Crippen LogP contribution < -0.4 is 5.73 Å². The molecule has 0 bridgehead atoms. The lowest BCUT2D eigenvalue weighted by Gasteiger charge is -2.24. The molecule has 0 aliphatic rings. The second-order valence-electron chi connectivity index (χ2n) is 4.88. The second kappa shape index (κ2) is 6.50. The van der Waals surface area contributed by atoms with E-state index in [0.29, 0.717) is 6.54 Å². The van der Waals surface area contributed by atoms with Gasteiger partial charge in [0.25, 0.3) is 0 Å². The summed E-state index contributed by atoms with van der Waals surface area (Å²) in [6, 6.07) is 5.39. The van der Waals surface area contributed by atoms with Crippen LogP contribution in [0.2, 0.25) is 0 Å². The van der Waals surface area contributed by atoms with Gasteiger partial charge in [0.05, 0.1) is 18.3 Å². The molecule has 2 atom stereocenters. The van der Waals surface area contributed by atoms with Crippen molar-refractivity contribution < 1.29 is 4.79 Å². The Kier molecular flexibility index (Phi) is 5.28. The van der Waals surface area contributed by atoms with Crippen LogP contribution in [-0.4, -0.2) is 28.9 Å². The summed E-state index contributed by atoms with van der Waals surface area (Å²) in [5.74, 6) is 0.179. The molecule has 1 aromatic heterocycles. The Morgan fingerprint density at radius 3 is 2.72 bits per heavy atom. The van der Waals surface area contributed by atoms with Gasteiger partial charge in [-0.2, -0.15) is 0 Å². The van der Waals surface area contributed by atoms with Crippen LogP contribution in [0.1, 0.15) is 31.7 Å². The summed E-state index contributed by atoms with van der Waals surface area (Å²) in [7, 11) is 1.77. The van der Waals surface area contributed by atoms with Gasteiger partial charge in [-0.15, -0.1) is 0 Å². The van der Waals surface area contributed by atoms with Crippen molar-refractivity contribution in [1.29, 1.82) is 0 Å². The zero-order valence-electron chi connectivity index (χ0n) is 11.7. The van der Waals surface area contributed by atoms with Gasteiger partial charge < -0.3 is 10.6 Å². The summed E-state index contributed by atoms with van der Waals surface area (Å²) < 4.78 is 0. The molecule has 4 heteroatoms. The first-order valence-corrected chi connectivity index (χ1v) is 6.38. The molecule has 0 radical (unpaired) electrons. The number of likely N-dealkylation sites (N-methyl/N-ethyl adjacent to an activating group) is 1. The van der Waals surface area contributed by atoms with Gasteiger partial charge in [0, 0.05) is 12.7 Å². The number of nitrogens with zero attached hydrogens (tertiary/aromatic N) is 2. The van der Waals surface area contributed by atoms with Crippen LogP contribution in [0.4, 0.5) is 0 Å². The summed E-state index contributed by atoms with van der Waals surface area (Å²) in [6.45, 7) is 6.49. The van der Waals surface area contributed by atoms with Gasteiger partial charge in [-0.25, -0.2) is 0 Å². The highest BCUT2D eigenvalue weighted by molar-refractivity contribution is 5.81. The molecule has 2 N–H and O–H groups in total. The monoisotopic (exact) mass is 249 g/mol. The average molecular weight is 249 g/mol. The van der Waals surface area contributed by atoms with Gasteiger partial charge in [-0.1, -0.05) is 26.3 Å². The predicted molar refractivity (Wildman–Crippen MR) is 72.9 cm³/mol. The predicted octanol–water partition coefficient (Wildman–Crippen LogP) is 1.72. The molecule has 0 saturated carbocycles. The number of hydrogen-bond donors (Lipinski definition) is 1. The molecule has 4 nitrogen and oxygen atoms in total. The molecule has 0 aromatic carbocycles. The molecule has 18 heavy (non-hydrogen) atoms. The van der Waals surface area contributed by atoms with E-state index in [1.54, 1.807) is 11.9 Å². The van der Waals surface area contributed by atoms with Crippen LogP contribution in [0.15, 0.2) is 18.2 Å². The van der Waals surface area contributed by atoms with Crippen molar-refractivity contribution >= 4 is 5.91 Å². The van der Waals surface area contributed by atoms with Crippen molar-refractivity contribution in [2.24, 2.45) is 11.7 Å². The fourth-order valence-electron chi connectivity index (χ4n) is 1.76. The Bertz CT molecular complexity index is 406. The molecule has 100 valence electrons. The lowest BCUT2D eigenvalue weighted by atomic mass is 9.99. The third-order valence-corrected chi connectivity index (χ3v) is 3.26. The summed E-state index contributed by atoms with van der Waals surface area (Å²) in [5.41, 5.74) is 7.79. The van der Waals surface area contributed by atoms with E-state index in [-0.39, 0.29) is 11.8 Å². The van der Waals surface area contributed by atoms with E-state index >= 15 is 0 Å². The summed E-state index contributed by atoms with van der Waals surface area (Å²) in [6.07, 6.45) is 0.906. The van der Waals surface area contributed by atoms with Crippen molar-refractivity contribution in [3.05, 3.63) is 29.6 Å². The van der Waals surface area contributed by atoms with Gasteiger partial charge >= 0.3 is 0 Å². The van der Waals surface area contributed by atoms with Crippen LogP contribution in [0.3, 0.4) is 0 Å². The Balaban J connectivity index is 2.65. The maximum atomic E-state index is 12.1. The van der Waals surface area contributed by atoms with E-state index in [1.807, 2.05) is 39.0 Å². The number of carbonyl (C=O) groups is 1. The van der Waals surface area contributed by atoms with E-state index in [4.69, 9.17) is 5.73 Å². The number of amides is 1. The molecule has 0 unspecified atom stereocenters. The Morgan fingerprint density at radius 1 is 1.50 bits per heavy atom. The second-order valence-corrected chi connectivity index (χ2v) is 4.88. The van der Waals surface area contributed by atoms with Crippen LogP contribution in [-0.2, 0) is 11.3 Å². The minimum Gasteiger partial charge on any atom is -0.339 e. The van der Waals surface area contributed by atoms with Crippen LogP contribution >= 0.6 is 0 Å². The normalized spacial score (nSPS) is 14.1. The Labute approximate surface area is 109 Å². The smallest absolute Gasteiger partial charge is 0.239 e. The molecule has 1 amide bonds. The number of carbonyl (C=O) groups excluding carboxylic acids is 1. The van der Waals surface area contributed by atoms with E-state index in [1.165, 1.54) is 0 Å². The first-order valence-electron chi connectivity index (χ1n) is 6.38. The third kappa shape index (κ3) is 3.81. The fourth-order valence-corrected chi connectivity index (χ4v) is 1.76. The molecule has 1 aromatic rings. The van der Waals surface area contributed by atoms with Crippen molar-refractivity contribution in [3.8, 4) is 0 Å². The van der Waals surface area contributed by atoms with Gasteiger partial charge in [0.2, 0.25) is 5.91 Å². The van der Waals surface area contributed by atoms with E-state index in [9.17, 15) is 4.79 Å². The molecule has 1 rings (SSSR count). The van der Waals surface area contributed by atoms with Gasteiger partial charge in [0.15, 0.2) is 0 Å². The highest BCUT2D eigenvalue weighted by Crippen LogP contribution is 2.09. The highest BCUT2D eigenvalue weighted by Gasteiger charge is 2.22. The highest BCUT2D eigenvalue weighted by atomic mass is 16.2. The fraction of sp³-hybridized carbons (Fsp3) is 0.571. The maximum Gasteiger partial charge on any atom is 0.239 e. The third-order valence-electron chi connectivity index (χ3n) is 3.26. The molecule has 0 aliphatic heterocycles. The number of rotatable bonds is 5. The van der Waals surface area contributed by atoms with Crippen molar-refractivity contribution in [2.45, 2.75) is 39.8 Å². The Hall–Kier alpha value is -1.42. The van der Waals surface area contributed by atoms with Crippen LogP contribution in [0.25, 0.3) is 0 Å². The van der Waals surface area contributed by atoms with Crippen molar-refractivity contribution in [1.82, 2.24) is 9.88 Å². The van der Waals surface area contributed by atoms with E-state index < -0.39 is 6.04 Å². The SMILES string of the molecule is CC[C@H](C)[C@H](N)C(=O)N(C)Cc1cccc(C)n1. The quantitative estimate of drug-likeness (QED) is 0.864. The summed E-state index contributed by atoms with van der Waals surface area (Å²) >= 11 is 0. The van der Waals surface area contributed by atoms with Gasteiger partial charge in [0.1, 0.15) is 0 Å². The van der Waals surface area contributed by atoms with Crippen molar-refractivity contribution in [2.75, 3.05) is 7.05 Å². The first kappa shape index (κ1) is 14.6. The zero-order valence-corrected chi connectivity index (χ0v) is 11.7. The number of aromatic nitrogens is 1. The molecule has 0 spiro atoms. The number of hydrogen-bond acceptors (Lipinski definition) is 3. The molecular formula is C14H23N3O. The van der Waals surface area contributed by atoms with E-state index in [2.05, 4.69) is 4.98 Å². The average Bonchev–Trinajstić information content (AvgIpc) is 2.36. The number of pyridine rings is 1. The van der Waals surface area contributed by atoms with E-state index in [0.717, 1.165) is 17.8 Å². The minimum absolute atomic E-state index is 0.0207. The van der Waals surface area contributed by atoms with Crippen molar-refractivity contribution in [3.63, 3.8) is 0 Å². The summed E-state index contributed by atoms with van der Waals surface area (Å²) in [4.78, 5) is 18.1. The summed E-state index contributed by atoms with van der Waals surface area (Å²) in [5, 5.41) is 0. The number of aryl methyl sites for hydroxylation is 1. The largest absolute Gasteiger partial charge is 0.339 e. The van der Waals surface area contributed by atoms with Crippen LogP contribution in [0.5, 0.6) is 0 Å². The molecule has 0 fully saturated rings. The molecular weight excluding hydrogens is 226 g/mol. The lowest BCUT2D eigenvalue weighted by Crippen LogP contribution is -2.45. The standard InChI is InChI=1S/C14H23N3O/c1-5-10(2)13(15)14(18)17(4)9-12-8-6-7-11(3)16-12/h6-8,10,13H,5,9,15H2,1-4H3/t10-,13-/m0/s1. The van der Waals surface area contributed by atoms with Crippen LogP contribution in [0, 0.1) is 12.8 Å². The zero-order chi connectivity index (χ0) is 13.7. The number of nitrogens with two attached hydrogens (primary N) is 1. The minimum atomic E-state index is -0.426. The topological polar surface area (TPSA) is 59.2 Å².